The molecule has 2 rings (SSSR count). The van der Waals surface area contributed by atoms with E-state index in [-0.39, 0.29) is 0 Å². The van der Waals surface area contributed by atoms with Crippen molar-refractivity contribution in [3.8, 4) is 0 Å². The number of hydrogen-bond donors (Lipinski definition) is 1. The fourth-order valence-corrected chi connectivity index (χ4v) is 2.76. The summed E-state index contributed by atoms with van der Waals surface area (Å²) in [7, 11) is -3.12. The predicted molar refractivity (Wildman–Crippen MR) is 68.5 cm³/mol. The third-order valence-corrected chi connectivity index (χ3v) is 4.41. The fraction of sp³-hybridized carbons (Fsp3) is 0.455. The molecule has 1 N–H and O–H groups in total. The maximum Gasteiger partial charge on any atom is 0.175 e. The Hall–Kier alpha value is -0.550. The normalized spacial score (nSPS) is 16.1. The van der Waals surface area contributed by atoms with E-state index in [0.717, 1.165) is 22.6 Å². The van der Waals surface area contributed by atoms with Crippen molar-refractivity contribution in [2.45, 2.75) is 17.7 Å². The third kappa shape index (κ3) is 2.98. The molecule has 0 bridgehead atoms. The summed E-state index contributed by atoms with van der Waals surface area (Å²) in [6.07, 6.45) is 3.81. The van der Waals surface area contributed by atoms with Crippen molar-refractivity contribution in [1.29, 1.82) is 0 Å². The molecule has 0 atom stereocenters. The molecule has 0 spiro atoms. The lowest BCUT2D eigenvalue weighted by molar-refractivity contribution is 0.602. The first-order valence-corrected chi connectivity index (χ1v) is 7.89. The Morgan fingerprint density at radius 3 is 2.62 bits per heavy atom. The second-order valence-corrected chi connectivity index (χ2v) is 7.11. The lowest BCUT2D eigenvalue weighted by Gasteiger charge is -2.08. The van der Waals surface area contributed by atoms with Crippen LogP contribution in [0.5, 0.6) is 0 Å². The zero-order valence-electron chi connectivity index (χ0n) is 9.03. The Balaban J connectivity index is 2.15. The Labute approximate surface area is 104 Å². The van der Waals surface area contributed by atoms with E-state index in [2.05, 4.69) is 21.2 Å². The van der Waals surface area contributed by atoms with Gasteiger partial charge in [-0.3, -0.25) is 0 Å². The summed E-state index contributed by atoms with van der Waals surface area (Å²) < 4.78 is 23.5. The van der Waals surface area contributed by atoms with Crippen molar-refractivity contribution in [1.82, 2.24) is 0 Å². The lowest BCUT2D eigenvalue weighted by atomic mass is 10.3. The van der Waals surface area contributed by atoms with Crippen molar-refractivity contribution < 1.29 is 8.42 Å². The van der Waals surface area contributed by atoms with E-state index in [4.69, 9.17) is 0 Å². The highest BCUT2D eigenvalue weighted by atomic mass is 79.9. The number of sulfone groups is 1. The molecule has 0 aromatic heterocycles. The molecule has 1 saturated carbocycles. The minimum absolute atomic E-state index is 0.344. The molecule has 3 nitrogen and oxygen atoms in total. The number of anilines is 1. The molecule has 1 aliphatic carbocycles. The highest BCUT2D eigenvalue weighted by molar-refractivity contribution is 9.10. The van der Waals surface area contributed by atoms with Gasteiger partial charge in [0.25, 0.3) is 0 Å². The summed E-state index contributed by atoms with van der Waals surface area (Å²) in [5.41, 5.74) is 0.958. The van der Waals surface area contributed by atoms with Crippen molar-refractivity contribution >= 4 is 31.5 Å². The van der Waals surface area contributed by atoms with E-state index >= 15 is 0 Å². The zero-order chi connectivity index (χ0) is 11.8. The van der Waals surface area contributed by atoms with Gasteiger partial charge in [-0.05, 0) is 52.9 Å². The van der Waals surface area contributed by atoms with Crippen LogP contribution in [0.3, 0.4) is 0 Å². The summed E-state index contributed by atoms with van der Waals surface area (Å²) in [6, 6.07) is 5.09. The standard InChI is InChI=1S/C11H14BrNO2S/c1-16(14,15)9-4-5-11(10(12)6-9)13-7-8-2-3-8/h4-6,8,13H,2-3,7H2,1H3. The van der Waals surface area contributed by atoms with Crippen LogP contribution in [-0.2, 0) is 9.84 Å². The smallest absolute Gasteiger partial charge is 0.175 e. The van der Waals surface area contributed by atoms with E-state index < -0.39 is 9.84 Å². The van der Waals surface area contributed by atoms with E-state index in [1.54, 1.807) is 12.1 Å². The summed E-state index contributed by atoms with van der Waals surface area (Å²) >= 11 is 3.38. The Morgan fingerprint density at radius 1 is 1.44 bits per heavy atom. The van der Waals surface area contributed by atoms with Crippen molar-refractivity contribution in [2.75, 3.05) is 18.1 Å². The van der Waals surface area contributed by atoms with Crippen LogP contribution in [-0.4, -0.2) is 21.2 Å². The van der Waals surface area contributed by atoms with Gasteiger partial charge in [-0.1, -0.05) is 0 Å². The molecule has 5 heteroatoms. The van der Waals surface area contributed by atoms with Crippen molar-refractivity contribution in [3.05, 3.63) is 22.7 Å². The molecular weight excluding hydrogens is 290 g/mol. The van der Waals surface area contributed by atoms with Gasteiger partial charge in [-0.15, -0.1) is 0 Å². The SMILES string of the molecule is CS(=O)(=O)c1ccc(NCC2CC2)c(Br)c1. The zero-order valence-corrected chi connectivity index (χ0v) is 11.4. The highest BCUT2D eigenvalue weighted by Gasteiger charge is 2.21. The van der Waals surface area contributed by atoms with Gasteiger partial charge in [-0.25, -0.2) is 8.42 Å². The van der Waals surface area contributed by atoms with Crippen LogP contribution in [0.4, 0.5) is 5.69 Å². The maximum absolute atomic E-state index is 11.3. The minimum atomic E-state index is -3.12. The molecule has 1 aliphatic rings. The molecule has 1 fully saturated rings. The van der Waals surface area contributed by atoms with Gasteiger partial charge in [0.05, 0.1) is 4.90 Å². The first-order chi connectivity index (χ1) is 7.47. The largest absolute Gasteiger partial charge is 0.384 e. The van der Waals surface area contributed by atoms with E-state index in [0.29, 0.717) is 4.90 Å². The maximum atomic E-state index is 11.3. The van der Waals surface area contributed by atoms with Crippen molar-refractivity contribution in [2.24, 2.45) is 5.92 Å². The number of benzene rings is 1. The second kappa shape index (κ2) is 4.37. The van der Waals surface area contributed by atoms with Crippen LogP contribution < -0.4 is 5.32 Å². The summed E-state index contributed by atoms with van der Waals surface area (Å²) in [5.74, 6) is 0.793. The van der Waals surface area contributed by atoms with Gasteiger partial charge >= 0.3 is 0 Å². The number of nitrogens with one attached hydrogen (secondary N) is 1. The number of rotatable bonds is 4. The summed E-state index contributed by atoms with van der Waals surface area (Å²) in [6.45, 7) is 0.969. The van der Waals surface area contributed by atoms with E-state index in [1.165, 1.54) is 19.1 Å². The van der Waals surface area contributed by atoms with E-state index in [1.807, 2.05) is 6.07 Å². The topological polar surface area (TPSA) is 46.2 Å². The van der Waals surface area contributed by atoms with Crippen molar-refractivity contribution in [3.63, 3.8) is 0 Å². The quantitative estimate of drug-likeness (QED) is 0.930. The van der Waals surface area contributed by atoms with Crippen LogP contribution in [0, 0.1) is 5.92 Å². The molecule has 1 aromatic rings. The lowest BCUT2D eigenvalue weighted by Crippen LogP contribution is -2.04. The van der Waals surface area contributed by atoms with Crippen LogP contribution in [0.15, 0.2) is 27.6 Å². The van der Waals surface area contributed by atoms with Gasteiger partial charge < -0.3 is 5.32 Å². The van der Waals surface area contributed by atoms with Crippen LogP contribution in [0.2, 0.25) is 0 Å². The molecular formula is C11H14BrNO2S. The van der Waals surface area contributed by atoms with Gasteiger partial charge in [0, 0.05) is 23.0 Å². The molecule has 0 heterocycles. The molecule has 0 unspecified atom stereocenters. The molecule has 0 amide bonds. The first kappa shape index (κ1) is 11.9. The monoisotopic (exact) mass is 303 g/mol. The Kier molecular flexibility index (Phi) is 3.26. The molecule has 88 valence electrons. The molecule has 0 saturated heterocycles. The predicted octanol–water partition coefficient (Wildman–Crippen LogP) is 2.67. The van der Waals surface area contributed by atoms with Crippen LogP contribution in [0.1, 0.15) is 12.8 Å². The Bertz CT molecular complexity index is 495. The van der Waals surface area contributed by atoms with Crippen LogP contribution in [0.25, 0.3) is 0 Å². The third-order valence-electron chi connectivity index (χ3n) is 2.65. The van der Waals surface area contributed by atoms with Gasteiger partial charge in [0.2, 0.25) is 0 Å². The summed E-state index contributed by atoms with van der Waals surface area (Å²) in [4.78, 5) is 0.344. The van der Waals surface area contributed by atoms with Crippen LogP contribution >= 0.6 is 15.9 Å². The first-order valence-electron chi connectivity index (χ1n) is 5.20. The molecule has 16 heavy (non-hydrogen) atoms. The summed E-state index contributed by atoms with van der Waals surface area (Å²) in [5, 5.41) is 3.31. The fourth-order valence-electron chi connectivity index (χ4n) is 1.45. The van der Waals surface area contributed by atoms with E-state index in [9.17, 15) is 8.42 Å². The molecule has 0 aliphatic heterocycles. The number of halogens is 1. The van der Waals surface area contributed by atoms with Gasteiger partial charge in [0.1, 0.15) is 0 Å². The van der Waals surface area contributed by atoms with Gasteiger partial charge in [0.15, 0.2) is 9.84 Å². The molecule has 0 radical (unpaired) electrons. The highest BCUT2D eigenvalue weighted by Crippen LogP contribution is 2.31. The minimum Gasteiger partial charge on any atom is -0.384 e. The average molecular weight is 304 g/mol. The average Bonchev–Trinajstić information content (AvgIpc) is 2.98. The number of hydrogen-bond acceptors (Lipinski definition) is 3. The van der Waals surface area contributed by atoms with Gasteiger partial charge in [-0.2, -0.15) is 0 Å². The second-order valence-electron chi connectivity index (χ2n) is 4.24. The Morgan fingerprint density at radius 2 is 2.12 bits per heavy atom. The molecule has 1 aromatic carbocycles.